The summed E-state index contributed by atoms with van der Waals surface area (Å²) in [6.07, 6.45) is -0.523. The van der Waals surface area contributed by atoms with Gasteiger partial charge < -0.3 is 0 Å². The number of halogens is 4. The van der Waals surface area contributed by atoms with Gasteiger partial charge in [0.25, 0.3) is 11.8 Å². The van der Waals surface area contributed by atoms with Gasteiger partial charge in [-0.2, -0.15) is 5.26 Å². The van der Waals surface area contributed by atoms with E-state index in [0.717, 1.165) is 0 Å². The topological polar surface area (TPSA) is 23.8 Å². The van der Waals surface area contributed by atoms with Crippen molar-refractivity contribution in [2.75, 3.05) is 0 Å². The van der Waals surface area contributed by atoms with Gasteiger partial charge in [-0.05, 0) is 23.3 Å². The van der Waals surface area contributed by atoms with Gasteiger partial charge >= 0.3 is 0 Å². The van der Waals surface area contributed by atoms with Crippen molar-refractivity contribution in [2.24, 2.45) is 0 Å². The standard InChI is InChI=1S/C13H9F4N/c14-12(15)4-10(12)8-1-7(6-18)2-9(3-8)11-5-13(11,16)17/h1-3,10-11H,4-5H2. The summed E-state index contributed by atoms with van der Waals surface area (Å²) < 4.78 is 51.9. The third-order valence-electron chi connectivity index (χ3n) is 3.56. The first-order valence-corrected chi connectivity index (χ1v) is 5.64. The molecule has 18 heavy (non-hydrogen) atoms. The molecule has 2 aliphatic carbocycles. The van der Waals surface area contributed by atoms with E-state index in [9.17, 15) is 17.6 Å². The van der Waals surface area contributed by atoms with Crippen LogP contribution in [0.4, 0.5) is 17.6 Å². The summed E-state index contributed by atoms with van der Waals surface area (Å²) in [6, 6.07) is 5.98. The highest BCUT2D eigenvalue weighted by Crippen LogP contribution is 2.59. The summed E-state index contributed by atoms with van der Waals surface area (Å²) in [7, 11) is 0. The second-order valence-electron chi connectivity index (χ2n) is 5.04. The predicted molar refractivity (Wildman–Crippen MR) is 55.8 cm³/mol. The Labute approximate surface area is 101 Å². The van der Waals surface area contributed by atoms with E-state index >= 15 is 0 Å². The molecule has 0 aromatic heterocycles. The lowest BCUT2D eigenvalue weighted by Gasteiger charge is -2.05. The molecule has 0 bridgehead atoms. The summed E-state index contributed by atoms with van der Waals surface area (Å²) in [5.41, 5.74) is 0.779. The van der Waals surface area contributed by atoms with Crippen LogP contribution in [0.1, 0.15) is 41.4 Å². The fourth-order valence-corrected chi connectivity index (χ4v) is 2.29. The SMILES string of the molecule is N#Cc1cc(C2CC2(F)F)cc(C2CC2(F)F)c1. The number of hydrogen-bond acceptors (Lipinski definition) is 1. The van der Waals surface area contributed by atoms with E-state index in [0.29, 0.717) is 11.1 Å². The number of rotatable bonds is 2. The molecule has 3 rings (SSSR count). The minimum Gasteiger partial charge on any atom is -0.206 e. The van der Waals surface area contributed by atoms with Gasteiger partial charge in [0, 0.05) is 12.8 Å². The second kappa shape index (κ2) is 3.25. The van der Waals surface area contributed by atoms with E-state index in [4.69, 9.17) is 5.26 Å². The van der Waals surface area contributed by atoms with Gasteiger partial charge in [0.1, 0.15) is 0 Å². The van der Waals surface area contributed by atoms with Gasteiger partial charge in [-0.3, -0.25) is 0 Å². The summed E-state index contributed by atoms with van der Waals surface area (Å²) in [6.45, 7) is 0. The van der Waals surface area contributed by atoms with Crippen molar-refractivity contribution in [3.8, 4) is 6.07 Å². The van der Waals surface area contributed by atoms with Crippen LogP contribution in [0.2, 0.25) is 0 Å². The smallest absolute Gasteiger partial charge is 0.206 e. The fraction of sp³-hybridized carbons (Fsp3) is 0.462. The van der Waals surface area contributed by atoms with Gasteiger partial charge in [-0.1, -0.05) is 6.07 Å². The van der Waals surface area contributed by atoms with Crippen LogP contribution < -0.4 is 0 Å². The molecule has 2 fully saturated rings. The maximum atomic E-state index is 13.0. The molecule has 94 valence electrons. The Morgan fingerprint density at radius 2 is 1.33 bits per heavy atom. The van der Waals surface area contributed by atoms with Crippen LogP contribution in [-0.2, 0) is 0 Å². The molecule has 0 heterocycles. The highest BCUT2D eigenvalue weighted by molar-refractivity contribution is 5.45. The number of alkyl halides is 4. The zero-order chi connectivity index (χ0) is 13.1. The fourth-order valence-electron chi connectivity index (χ4n) is 2.29. The molecule has 0 radical (unpaired) electrons. The molecule has 2 saturated carbocycles. The second-order valence-corrected chi connectivity index (χ2v) is 5.04. The van der Waals surface area contributed by atoms with Crippen molar-refractivity contribution in [2.45, 2.75) is 36.5 Å². The average Bonchev–Trinajstić information content (AvgIpc) is 3.14. The Morgan fingerprint density at radius 3 is 1.61 bits per heavy atom. The molecule has 1 nitrogen and oxygen atoms in total. The predicted octanol–water partition coefficient (Wildman–Crippen LogP) is 3.80. The molecular formula is C13H9F4N. The lowest BCUT2D eigenvalue weighted by Crippen LogP contribution is -1.98. The molecule has 0 spiro atoms. The van der Waals surface area contributed by atoms with Crippen LogP contribution in [0.5, 0.6) is 0 Å². The minimum atomic E-state index is -2.75. The quantitative estimate of drug-likeness (QED) is 0.737. The van der Waals surface area contributed by atoms with Crippen molar-refractivity contribution in [3.05, 3.63) is 34.9 Å². The maximum absolute atomic E-state index is 13.0. The normalized spacial score (nSPS) is 30.6. The van der Waals surface area contributed by atoms with E-state index in [2.05, 4.69) is 0 Å². The minimum absolute atomic E-state index is 0.174. The average molecular weight is 255 g/mol. The Balaban J connectivity index is 1.97. The van der Waals surface area contributed by atoms with E-state index in [1.54, 1.807) is 0 Å². The first kappa shape index (κ1) is 11.5. The molecule has 1 aromatic carbocycles. The number of nitriles is 1. The largest absolute Gasteiger partial charge is 0.255 e. The van der Waals surface area contributed by atoms with Crippen LogP contribution in [0, 0.1) is 11.3 Å². The monoisotopic (exact) mass is 255 g/mol. The van der Waals surface area contributed by atoms with Crippen molar-refractivity contribution in [1.82, 2.24) is 0 Å². The lowest BCUT2D eigenvalue weighted by molar-refractivity contribution is 0.112. The molecule has 0 amide bonds. The lowest BCUT2D eigenvalue weighted by atomic mass is 10.00. The van der Waals surface area contributed by atoms with Crippen LogP contribution in [0.3, 0.4) is 0 Å². The van der Waals surface area contributed by atoms with Gasteiger partial charge in [-0.25, -0.2) is 17.6 Å². The zero-order valence-corrected chi connectivity index (χ0v) is 9.26. The number of hydrogen-bond donors (Lipinski definition) is 0. The molecule has 2 aliphatic rings. The van der Waals surface area contributed by atoms with Gasteiger partial charge in [-0.15, -0.1) is 0 Å². The molecule has 0 aliphatic heterocycles. The molecule has 0 N–H and O–H groups in total. The van der Waals surface area contributed by atoms with E-state index < -0.39 is 23.7 Å². The highest BCUT2D eigenvalue weighted by atomic mass is 19.3. The van der Waals surface area contributed by atoms with Crippen LogP contribution >= 0.6 is 0 Å². The Bertz CT molecular complexity index is 518. The summed E-state index contributed by atoms with van der Waals surface area (Å²) in [5.74, 6) is -7.34. The summed E-state index contributed by atoms with van der Waals surface area (Å²) in [4.78, 5) is 0. The van der Waals surface area contributed by atoms with Crippen LogP contribution in [-0.4, -0.2) is 11.8 Å². The maximum Gasteiger partial charge on any atom is 0.255 e. The van der Waals surface area contributed by atoms with E-state index in [-0.39, 0.29) is 18.4 Å². The summed E-state index contributed by atoms with van der Waals surface area (Å²) >= 11 is 0. The van der Waals surface area contributed by atoms with E-state index in [1.165, 1.54) is 18.2 Å². The van der Waals surface area contributed by atoms with Gasteiger partial charge in [0.15, 0.2) is 0 Å². The zero-order valence-electron chi connectivity index (χ0n) is 9.26. The van der Waals surface area contributed by atoms with Gasteiger partial charge in [0.05, 0.1) is 23.5 Å². The number of benzene rings is 1. The van der Waals surface area contributed by atoms with Crippen molar-refractivity contribution >= 4 is 0 Å². The molecule has 5 heteroatoms. The third kappa shape index (κ3) is 1.76. The van der Waals surface area contributed by atoms with E-state index in [1.807, 2.05) is 6.07 Å². The van der Waals surface area contributed by atoms with Crippen molar-refractivity contribution in [1.29, 1.82) is 5.26 Å². The van der Waals surface area contributed by atoms with Crippen LogP contribution in [0.15, 0.2) is 18.2 Å². The molecule has 2 unspecified atom stereocenters. The number of nitrogens with zero attached hydrogens (tertiary/aromatic N) is 1. The van der Waals surface area contributed by atoms with Crippen molar-refractivity contribution in [3.63, 3.8) is 0 Å². The van der Waals surface area contributed by atoms with Crippen molar-refractivity contribution < 1.29 is 17.6 Å². The molecule has 2 atom stereocenters. The van der Waals surface area contributed by atoms with Crippen LogP contribution in [0.25, 0.3) is 0 Å². The Hall–Kier alpha value is -1.57. The first-order chi connectivity index (χ1) is 8.33. The Kier molecular flexibility index (Phi) is 2.08. The molecular weight excluding hydrogens is 246 g/mol. The molecule has 1 aromatic rings. The Morgan fingerprint density at radius 1 is 0.944 bits per heavy atom. The first-order valence-electron chi connectivity index (χ1n) is 5.64. The summed E-state index contributed by atoms with van der Waals surface area (Å²) in [5, 5.41) is 8.83. The molecule has 0 saturated heterocycles. The van der Waals surface area contributed by atoms with Gasteiger partial charge in [0.2, 0.25) is 0 Å². The third-order valence-corrected chi connectivity index (χ3v) is 3.56. The highest BCUT2D eigenvalue weighted by Gasteiger charge is 2.59.